The first kappa shape index (κ1) is 15.3. The van der Waals surface area contributed by atoms with Crippen molar-refractivity contribution in [2.24, 2.45) is 0 Å². The summed E-state index contributed by atoms with van der Waals surface area (Å²) in [6.07, 6.45) is -0.456. The van der Waals surface area contributed by atoms with Gasteiger partial charge in [0.15, 0.2) is 0 Å². The Morgan fingerprint density at radius 3 is 2.59 bits per heavy atom. The monoisotopic (exact) mass is 300 g/mol. The molecule has 0 amide bonds. The van der Waals surface area contributed by atoms with E-state index in [0.29, 0.717) is 13.2 Å². The Morgan fingerprint density at radius 1 is 1.05 bits per heavy atom. The Kier molecular flexibility index (Phi) is 4.93. The zero-order valence-corrected chi connectivity index (χ0v) is 13.1. The van der Waals surface area contributed by atoms with Gasteiger partial charge >= 0.3 is 0 Å². The number of aliphatic hydroxyl groups excluding tert-OH is 1. The predicted octanol–water partition coefficient (Wildman–Crippen LogP) is 1.83. The number of hydrogen-bond donors (Lipinski definition) is 1. The molecule has 1 aliphatic heterocycles. The molecule has 4 heteroatoms. The molecule has 1 fully saturated rings. The third-order valence-corrected chi connectivity index (χ3v) is 4.25. The minimum absolute atomic E-state index is 0.334. The van der Waals surface area contributed by atoms with E-state index in [9.17, 15) is 5.11 Å². The molecule has 0 spiro atoms. The van der Waals surface area contributed by atoms with E-state index in [1.54, 1.807) is 0 Å². The van der Waals surface area contributed by atoms with Crippen molar-refractivity contribution in [1.82, 2.24) is 9.80 Å². The van der Waals surface area contributed by atoms with E-state index in [1.807, 2.05) is 24.3 Å². The van der Waals surface area contributed by atoms with Crippen molar-refractivity contribution in [3.05, 3.63) is 42.5 Å². The van der Waals surface area contributed by atoms with E-state index in [0.717, 1.165) is 42.7 Å². The molecule has 2 aromatic carbocycles. The molecule has 1 saturated heterocycles. The van der Waals surface area contributed by atoms with Crippen molar-refractivity contribution in [3.63, 3.8) is 0 Å². The highest BCUT2D eigenvalue weighted by molar-refractivity contribution is 5.88. The lowest BCUT2D eigenvalue weighted by atomic mass is 10.1. The smallest absolute Gasteiger partial charge is 0.127 e. The van der Waals surface area contributed by atoms with E-state index in [4.69, 9.17) is 4.74 Å². The van der Waals surface area contributed by atoms with Crippen LogP contribution in [0.2, 0.25) is 0 Å². The fraction of sp³-hybridized carbons (Fsp3) is 0.444. The number of benzene rings is 2. The van der Waals surface area contributed by atoms with E-state index in [1.165, 1.54) is 0 Å². The van der Waals surface area contributed by atoms with Crippen LogP contribution in [0.1, 0.15) is 0 Å². The minimum Gasteiger partial charge on any atom is -0.490 e. The average molecular weight is 300 g/mol. The highest BCUT2D eigenvalue weighted by Gasteiger charge is 2.17. The first-order chi connectivity index (χ1) is 10.7. The van der Waals surface area contributed by atoms with Crippen molar-refractivity contribution in [2.75, 3.05) is 46.4 Å². The molecule has 1 N–H and O–H groups in total. The number of piperazine rings is 1. The highest BCUT2D eigenvalue weighted by atomic mass is 16.5. The molecule has 0 radical (unpaired) electrons. The number of aliphatic hydroxyl groups is 1. The van der Waals surface area contributed by atoms with Crippen LogP contribution in [0.4, 0.5) is 0 Å². The van der Waals surface area contributed by atoms with Gasteiger partial charge in [0.25, 0.3) is 0 Å². The number of nitrogens with zero attached hydrogens (tertiary/aromatic N) is 2. The second-order valence-corrected chi connectivity index (χ2v) is 6.05. The fourth-order valence-electron chi connectivity index (χ4n) is 2.89. The summed E-state index contributed by atoms with van der Waals surface area (Å²) in [5, 5.41) is 12.5. The molecule has 4 nitrogen and oxygen atoms in total. The van der Waals surface area contributed by atoms with Crippen LogP contribution in [-0.2, 0) is 0 Å². The third kappa shape index (κ3) is 3.77. The lowest BCUT2D eigenvalue weighted by Crippen LogP contribution is -2.47. The summed E-state index contributed by atoms with van der Waals surface area (Å²) in [6.45, 7) is 5.18. The molecule has 0 bridgehead atoms. The van der Waals surface area contributed by atoms with Crippen molar-refractivity contribution in [3.8, 4) is 5.75 Å². The van der Waals surface area contributed by atoms with E-state index in [2.05, 4.69) is 35.0 Å². The summed E-state index contributed by atoms with van der Waals surface area (Å²) < 4.78 is 5.86. The van der Waals surface area contributed by atoms with Gasteiger partial charge < -0.3 is 14.7 Å². The van der Waals surface area contributed by atoms with Gasteiger partial charge in [-0.3, -0.25) is 4.90 Å². The van der Waals surface area contributed by atoms with E-state index >= 15 is 0 Å². The summed E-state index contributed by atoms with van der Waals surface area (Å²) >= 11 is 0. The molecule has 118 valence electrons. The molecule has 1 heterocycles. The maximum atomic E-state index is 10.2. The third-order valence-electron chi connectivity index (χ3n) is 4.25. The Bertz CT molecular complexity index is 604. The molecule has 3 rings (SSSR count). The Hall–Kier alpha value is -1.62. The van der Waals surface area contributed by atoms with E-state index in [-0.39, 0.29) is 0 Å². The Balaban J connectivity index is 1.55. The van der Waals surface area contributed by atoms with Crippen molar-refractivity contribution in [2.45, 2.75) is 6.10 Å². The molecule has 0 unspecified atom stereocenters. The van der Waals surface area contributed by atoms with Gasteiger partial charge in [-0.25, -0.2) is 0 Å². The maximum absolute atomic E-state index is 10.2. The SMILES string of the molecule is CN1CCN(C[C@@H](O)COc2cccc3ccccc23)CC1. The largest absolute Gasteiger partial charge is 0.490 e. The lowest BCUT2D eigenvalue weighted by Gasteiger charge is -2.33. The molecule has 2 aromatic rings. The van der Waals surface area contributed by atoms with Gasteiger partial charge in [-0.2, -0.15) is 0 Å². The molecule has 1 atom stereocenters. The van der Waals surface area contributed by atoms with Crippen LogP contribution in [0.5, 0.6) is 5.75 Å². The highest BCUT2D eigenvalue weighted by Crippen LogP contribution is 2.25. The molecule has 22 heavy (non-hydrogen) atoms. The summed E-state index contributed by atoms with van der Waals surface area (Å²) in [5.41, 5.74) is 0. The quantitative estimate of drug-likeness (QED) is 0.914. The molecular weight excluding hydrogens is 276 g/mol. The summed E-state index contributed by atoms with van der Waals surface area (Å²) in [7, 11) is 2.14. The number of hydrogen-bond acceptors (Lipinski definition) is 4. The fourth-order valence-corrected chi connectivity index (χ4v) is 2.89. The van der Waals surface area contributed by atoms with Crippen molar-refractivity contribution in [1.29, 1.82) is 0 Å². The van der Waals surface area contributed by atoms with Gasteiger partial charge in [0.2, 0.25) is 0 Å². The van der Waals surface area contributed by atoms with E-state index < -0.39 is 6.10 Å². The van der Waals surface area contributed by atoms with Crippen molar-refractivity contribution >= 4 is 10.8 Å². The zero-order valence-electron chi connectivity index (χ0n) is 13.1. The van der Waals surface area contributed by atoms with Crippen LogP contribution in [0.15, 0.2) is 42.5 Å². The van der Waals surface area contributed by atoms with Crippen molar-refractivity contribution < 1.29 is 9.84 Å². The van der Waals surface area contributed by atoms with Gasteiger partial charge in [0.1, 0.15) is 18.5 Å². The lowest BCUT2D eigenvalue weighted by molar-refractivity contribution is 0.0509. The number of likely N-dealkylation sites (N-methyl/N-ethyl adjacent to an activating group) is 1. The van der Waals surface area contributed by atoms with Crippen LogP contribution in [0, 0.1) is 0 Å². The van der Waals surface area contributed by atoms with Gasteiger partial charge in [-0.05, 0) is 18.5 Å². The number of ether oxygens (including phenoxy) is 1. The van der Waals surface area contributed by atoms with Crippen LogP contribution in [0.3, 0.4) is 0 Å². The number of β-amino-alcohol motifs (C(OH)–C–C–N with tert-alkyl or cyclic N) is 1. The molecule has 0 aliphatic carbocycles. The second kappa shape index (κ2) is 7.09. The van der Waals surface area contributed by atoms with Gasteiger partial charge in [-0.1, -0.05) is 36.4 Å². The zero-order chi connectivity index (χ0) is 15.4. The molecular formula is C18H24N2O2. The first-order valence-electron chi connectivity index (χ1n) is 7.92. The standard InChI is InChI=1S/C18H24N2O2/c1-19-9-11-20(12-10-19)13-16(21)14-22-18-8-4-6-15-5-2-3-7-17(15)18/h2-8,16,21H,9-14H2,1H3/t16-/m1/s1. The summed E-state index contributed by atoms with van der Waals surface area (Å²) in [5.74, 6) is 0.843. The molecule has 1 aliphatic rings. The molecule has 0 saturated carbocycles. The molecule has 0 aromatic heterocycles. The van der Waals surface area contributed by atoms with Crippen LogP contribution in [0.25, 0.3) is 10.8 Å². The Labute approximate surface area is 131 Å². The Morgan fingerprint density at radius 2 is 1.77 bits per heavy atom. The topological polar surface area (TPSA) is 35.9 Å². The minimum atomic E-state index is -0.456. The van der Waals surface area contributed by atoms with Gasteiger partial charge in [-0.15, -0.1) is 0 Å². The summed E-state index contributed by atoms with van der Waals surface area (Å²) in [6, 6.07) is 14.2. The van der Waals surface area contributed by atoms with Crippen LogP contribution >= 0.6 is 0 Å². The number of rotatable bonds is 5. The van der Waals surface area contributed by atoms with Crippen LogP contribution in [-0.4, -0.2) is 67.4 Å². The second-order valence-electron chi connectivity index (χ2n) is 6.05. The van der Waals surface area contributed by atoms with Gasteiger partial charge in [0, 0.05) is 38.1 Å². The summed E-state index contributed by atoms with van der Waals surface area (Å²) in [4.78, 5) is 4.62. The average Bonchev–Trinajstić information content (AvgIpc) is 2.55. The van der Waals surface area contributed by atoms with Crippen LogP contribution < -0.4 is 4.74 Å². The normalized spacial score (nSPS) is 18.5. The first-order valence-corrected chi connectivity index (χ1v) is 7.92. The number of fused-ring (bicyclic) bond motifs is 1. The maximum Gasteiger partial charge on any atom is 0.127 e. The predicted molar refractivity (Wildman–Crippen MR) is 89.4 cm³/mol. The van der Waals surface area contributed by atoms with Gasteiger partial charge in [0.05, 0.1) is 0 Å².